The Bertz CT molecular complexity index is 492. The molecule has 0 aromatic rings. The lowest BCUT2D eigenvalue weighted by Gasteiger charge is -2.36. The van der Waals surface area contributed by atoms with Crippen LogP contribution in [0.5, 0.6) is 0 Å². The van der Waals surface area contributed by atoms with Crippen molar-refractivity contribution in [3.8, 4) is 6.07 Å². The van der Waals surface area contributed by atoms with Gasteiger partial charge in [0.25, 0.3) is 0 Å². The summed E-state index contributed by atoms with van der Waals surface area (Å²) >= 11 is 0. The predicted octanol–water partition coefficient (Wildman–Crippen LogP) is 1.87. The van der Waals surface area contributed by atoms with Gasteiger partial charge in [0, 0.05) is 11.5 Å². The molecule has 5 heteroatoms. The highest BCUT2D eigenvalue weighted by Gasteiger charge is 2.57. The maximum Gasteiger partial charge on any atom is 0.241 e. The SMILES string of the molecule is C=C(F)C1(C(N)C(=O)N2C3C[C@H]3C[C@H]2C#N)CCCC1. The van der Waals surface area contributed by atoms with Crippen LogP contribution in [0.25, 0.3) is 0 Å². The number of hydrogen-bond donors (Lipinski definition) is 1. The minimum atomic E-state index is -0.913. The van der Waals surface area contributed by atoms with E-state index in [9.17, 15) is 9.18 Å². The number of likely N-dealkylation sites (tertiary alicyclic amines) is 1. The first-order valence-electron chi connectivity index (χ1n) is 7.33. The summed E-state index contributed by atoms with van der Waals surface area (Å²) in [4.78, 5) is 14.3. The standard InChI is InChI=1S/C15H20FN3O/c1-9(16)15(4-2-3-5-15)13(18)14(20)19-11(8-17)6-10-7-12(10)19/h10-13H,1-7,18H2/t10-,11+,12?,13?/m1/s1. The topological polar surface area (TPSA) is 70.1 Å². The van der Waals surface area contributed by atoms with Crippen molar-refractivity contribution < 1.29 is 9.18 Å². The summed E-state index contributed by atoms with van der Waals surface area (Å²) in [5, 5.41) is 9.17. The summed E-state index contributed by atoms with van der Waals surface area (Å²) in [7, 11) is 0. The Morgan fingerprint density at radius 3 is 2.65 bits per heavy atom. The second-order valence-corrected chi connectivity index (χ2v) is 6.44. The molecule has 2 N–H and O–H groups in total. The van der Waals surface area contributed by atoms with E-state index in [-0.39, 0.29) is 18.0 Å². The van der Waals surface area contributed by atoms with Gasteiger partial charge < -0.3 is 10.6 Å². The molecule has 3 aliphatic rings. The van der Waals surface area contributed by atoms with E-state index in [1.807, 2.05) is 0 Å². The summed E-state index contributed by atoms with van der Waals surface area (Å²) in [6, 6.07) is 1.04. The Morgan fingerprint density at radius 2 is 2.10 bits per heavy atom. The lowest BCUT2D eigenvalue weighted by atomic mass is 9.77. The normalized spacial score (nSPS) is 35.2. The number of hydrogen-bond acceptors (Lipinski definition) is 3. The maximum atomic E-state index is 13.9. The highest BCUT2D eigenvalue weighted by molar-refractivity contribution is 5.85. The van der Waals surface area contributed by atoms with Gasteiger partial charge in [-0.2, -0.15) is 5.26 Å². The number of carbonyl (C=O) groups is 1. The van der Waals surface area contributed by atoms with Crippen molar-refractivity contribution in [2.24, 2.45) is 17.1 Å². The smallest absolute Gasteiger partial charge is 0.241 e. The highest BCUT2D eigenvalue weighted by atomic mass is 19.1. The van der Waals surface area contributed by atoms with Gasteiger partial charge in [-0.05, 0) is 31.6 Å². The molecule has 20 heavy (non-hydrogen) atoms. The fourth-order valence-electron chi connectivity index (χ4n) is 4.04. The van der Waals surface area contributed by atoms with Crippen molar-refractivity contribution in [3.05, 3.63) is 12.4 Å². The molecule has 2 saturated carbocycles. The lowest BCUT2D eigenvalue weighted by molar-refractivity contribution is -0.136. The van der Waals surface area contributed by atoms with Crippen molar-refractivity contribution in [1.82, 2.24) is 4.90 Å². The third-order valence-corrected chi connectivity index (χ3v) is 5.41. The van der Waals surface area contributed by atoms with Crippen molar-refractivity contribution in [1.29, 1.82) is 5.26 Å². The highest BCUT2D eigenvalue weighted by Crippen LogP contribution is 2.51. The quantitative estimate of drug-likeness (QED) is 0.856. The zero-order valence-electron chi connectivity index (χ0n) is 11.5. The van der Waals surface area contributed by atoms with E-state index in [2.05, 4.69) is 12.6 Å². The minimum absolute atomic E-state index is 0.157. The summed E-state index contributed by atoms with van der Waals surface area (Å²) in [6.07, 6.45) is 4.60. The maximum absolute atomic E-state index is 13.9. The van der Waals surface area contributed by atoms with E-state index < -0.39 is 17.3 Å². The van der Waals surface area contributed by atoms with E-state index in [4.69, 9.17) is 11.0 Å². The van der Waals surface area contributed by atoms with Gasteiger partial charge >= 0.3 is 0 Å². The molecule has 0 radical (unpaired) electrons. The molecule has 3 fully saturated rings. The van der Waals surface area contributed by atoms with Crippen LogP contribution in [0.1, 0.15) is 38.5 Å². The molecule has 0 bridgehead atoms. The average molecular weight is 277 g/mol. The fourth-order valence-corrected chi connectivity index (χ4v) is 4.04. The van der Waals surface area contributed by atoms with Crippen molar-refractivity contribution in [2.75, 3.05) is 0 Å². The van der Waals surface area contributed by atoms with Gasteiger partial charge in [0.15, 0.2) is 0 Å². The van der Waals surface area contributed by atoms with Crippen molar-refractivity contribution in [3.63, 3.8) is 0 Å². The Labute approximate surface area is 118 Å². The zero-order chi connectivity index (χ0) is 14.5. The van der Waals surface area contributed by atoms with Crippen LogP contribution in [0.2, 0.25) is 0 Å². The Hall–Kier alpha value is -1.41. The third kappa shape index (κ3) is 1.78. The first kappa shape index (κ1) is 13.6. The van der Waals surface area contributed by atoms with Crippen LogP contribution in [0.15, 0.2) is 12.4 Å². The predicted molar refractivity (Wildman–Crippen MR) is 71.9 cm³/mol. The molecule has 108 valence electrons. The molecule has 2 aliphatic carbocycles. The minimum Gasteiger partial charge on any atom is -0.322 e. The molecule has 0 aromatic carbocycles. The first-order chi connectivity index (χ1) is 9.51. The molecule has 0 aromatic heterocycles. The molecule has 4 nitrogen and oxygen atoms in total. The molecule has 3 rings (SSSR count). The van der Waals surface area contributed by atoms with Crippen LogP contribution >= 0.6 is 0 Å². The van der Waals surface area contributed by atoms with Gasteiger partial charge in [0.05, 0.1) is 12.1 Å². The molecule has 1 saturated heterocycles. The molecule has 1 heterocycles. The monoisotopic (exact) mass is 277 g/mol. The number of fused-ring (bicyclic) bond motifs is 1. The van der Waals surface area contributed by atoms with Crippen molar-refractivity contribution >= 4 is 5.91 Å². The summed E-state index contributed by atoms with van der Waals surface area (Å²) in [5.41, 5.74) is 5.22. The van der Waals surface area contributed by atoms with E-state index in [0.717, 1.165) is 25.7 Å². The third-order valence-electron chi connectivity index (χ3n) is 5.41. The van der Waals surface area contributed by atoms with Crippen LogP contribution in [0.4, 0.5) is 4.39 Å². The van der Waals surface area contributed by atoms with E-state index >= 15 is 0 Å². The van der Waals surface area contributed by atoms with Crippen LogP contribution < -0.4 is 5.73 Å². The Morgan fingerprint density at radius 1 is 1.45 bits per heavy atom. The number of nitriles is 1. The Kier molecular flexibility index (Phi) is 3.09. The van der Waals surface area contributed by atoms with Gasteiger partial charge in [0.2, 0.25) is 5.91 Å². The van der Waals surface area contributed by atoms with E-state index in [1.165, 1.54) is 0 Å². The molecule has 4 atom stereocenters. The van der Waals surface area contributed by atoms with Crippen LogP contribution in [0.3, 0.4) is 0 Å². The summed E-state index contributed by atoms with van der Waals surface area (Å²) in [6.45, 7) is 3.43. The molecule has 1 amide bonds. The number of amides is 1. The van der Waals surface area contributed by atoms with Gasteiger partial charge in [0.1, 0.15) is 11.9 Å². The van der Waals surface area contributed by atoms with E-state index in [0.29, 0.717) is 18.8 Å². The number of rotatable bonds is 3. The second-order valence-electron chi connectivity index (χ2n) is 6.44. The molecule has 0 spiro atoms. The van der Waals surface area contributed by atoms with Crippen molar-refractivity contribution in [2.45, 2.75) is 56.7 Å². The lowest BCUT2D eigenvalue weighted by Crippen LogP contribution is -2.54. The van der Waals surface area contributed by atoms with Gasteiger partial charge in [-0.1, -0.05) is 19.4 Å². The van der Waals surface area contributed by atoms with Gasteiger partial charge in [-0.15, -0.1) is 0 Å². The number of nitrogens with zero attached hydrogens (tertiary/aromatic N) is 2. The Balaban J connectivity index is 1.83. The summed E-state index contributed by atoms with van der Waals surface area (Å²) < 4.78 is 13.9. The molecular weight excluding hydrogens is 257 g/mol. The molecular formula is C15H20FN3O. The second kappa shape index (κ2) is 4.56. The first-order valence-corrected chi connectivity index (χ1v) is 7.33. The van der Waals surface area contributed by atoms with Gasteiger partial charge in [-0.3, -0.25) is 4.79 Å². The van der Waals surface area contributed by atoms with Crippen LogP contribution in [-0.2, 0) is 4.79 Å². The van der Waals surface area contributed by atoms with Gasteiger partial charge in [-0.25, -0.2) is 4.39 Å². The number of carbonyl (C=O) groups excluding carboxylic acids is 1. The zero-order valence-corrected chi connectivity index (χ0v) is 11.5. The summed E-state index contributed by atoms with van der Waals surface area (Å²) in [5.74, 6) is -0.290. The van der Waals surface area contributed by atoms with E-state index in [1.54, 1.807) is 4.90 Å². The number of piperidine rings is 1. The fraction of sp³-hybridized carbons (Fsp3) is 0.733. The average Bonchev–Trinajstić information content (AvgIpc) is 2.91. The number of nitrogens with two attached hydrogens (primary N) is 1. The molecule has 1 aliphatic heterocycles. The molecule has 2 unspecified atom stereocenters. The largest absolute Gasteiger partial charge is 0.322 e. The van der Waals surface area contributed by atoms with Crippen LogP contribution in [0, 0.1) is 22.7 Å². The van der Waals surface area contributed by atoms with Crippen LogP contribution in [-0.4, -0.2) is 28.9 Å². The number of halogens is 1.